The van der Waals surface area contributed by atoms with E-state index < -0.39 is 35.3 Å². The van der Waals surface area contributed by atoms with Crippen LogP contribution in [0.4, 0.5) is 60.0 Å². The van der Waals surface area contributed by atoms with Crippen LogP contribution in [0.2, 0.25) is 0 Å². The molecule has 0 saturated carbocycles. The van der Waals surface area contributed by atoms with Gasteiger partial charge in [0.1, 0.15) is 52.9 Å². The van der Waals surface area contributed by atoms with Crippen LogP contribution >= 0.6 is 15.6 Å². The molecule has 850 valence electrons. The van der Waals surface area contributed by atoms with Crippen LogP contribution in [0, 0.1) is 40.5 Å². The van der Waals surface area contributed by atoms with E-state index in [-0.39, 0.29) is 33.8 Å². The average Bonchev–Trinajstić information content (AvgIpc) is 0.792. The van der Waals surface area contributed by atoms with Crippen LogP contribution in [0.15, 0.2) is 133 Å². The van der Waals surface area contributed by atoms with Crippen LogP contribution in [-0.4, -0.2) is 271 Å². The number of para-hydroxylation sites is 8. The van der Waals surface area contributed by atoms with Crippen molar-refractivity contribution in [3.8, 4) is 46.0 Å². The molecule has 0 saturated heterocycles. The predicted molar refractivity (Wildman–Crippen MR) is 542 cm³/mol. The van der Waals surface area contributed by atoms with Crippen molar-refractivity contribution < 1.29 is 165 Å². The summed E-state index contributed by atoms with van der Waals surface area (Å²) in [5.74, 6) is 5.46. The Labute approximate surface area is 859 Å². The first kappa shape index (κ1) is 137. The topological polar surface area (TPSA) is 421 Å². The maximum atomic E-state index is 12.0. The molecule has 6 aromatic carbocycles. The van der Waals surface area contributed by atoms with Gasteiger partial charge in [0.2, 0.25) is 0 Å². The van der Waals surface area contributed by atoms with E-state index >= 15 is 0 Å². The van der Waals surface area contributed by atoms with Gasteiger partial charge in [0.15, 0.2) is 74.2 Å². The third kappa shape index (κ3) is 90.6. The number of hydrogen-bond acceptors (Lipinski definition) is 30. The second-order valence-corrected chi connectivity index (χ2v) is 40.1. The molecular formula is C98H154F12N8O28P2-2. The van der Waals surface area contributed by atoms with Crippen molar-refractivity contribution in [3.63, 3.8) is 0 Å². The van der Waals surface area contributed by atoms with Gasteiger partial charge >= 0.3 is 78.2 Å². The maximum Gasteiger partial charge on any atom is 0.161 e. The Hall–Kier alpha value is -10.5. The SMILES string of the molecule is CC(C)(C)c1cc(CCNCCCOC(=O)NCCCCCCNC(=O)OCCCNCCc2cc(C(C)(C)C)cc(C(C)(C)C)c2)cc(C(C)(C)C)c1.C[N+](=O)[O-].C[N+](=O)[O-].C[N+](=O)[O-].C[N+](=O)[O-].F[P-](F)(F)(F)(F)F.F[P-](F)(F)(F)(F)F.c1ccc2c(c1)OCCOCCOCCOc1ccccc1OCCOCCOCCO2.c1ccc2c(c1)OCCOCCOCCOc1ccccc1OCCOCCOCCO2. The van der Waals surface area contributed by atoms with Gasteiger partial charge in [0.25, 0.3) is 0 Å². The number of amides is 2. The Balaban J connectivity index is 0.00000197. The van der Waals surface area contributed by atoms with E-state index in [9.17, 15) is 60.0 Å². The largest absolute Gasteiger partial charge is 0.487 e. The van der Waals surface area contributed by atoms with Crippen LogP contribution in [-0.2, 0) is 81.9 Å². The fourth-order valence-corrected chi connectivity index (χ4v) is 11.7. The number of ether oxygens (including phenoxy) is 18. The minimum atomic E-state index is -10.7. The quantitative estimate of drug-likeness (QED) is 0.0171. The number of nitrogens with zero attached hydrogens (tertiary/aromatic N) is 4. The summed E-state index contributed by atoms with van der Waals surface area (Å²) >= 11 is 0. The molecule has 2 amide bonds. The molecule has 0 spiro atoms. The smallest absolute Gasteiger partial charge is 0.161 e. The summed E-state index contributed by atoms with van der Waals surface area (Å²) in [6, 6.07) is 44.3. The van der Waals surface area contributed by atoms with Crippen LogP contribution in [0.1, 0.15) is 155 Å². The fraction of sp³-hybridized carbons (Fsp3) is 0.612. The Morgan fingerprint density at radius 1 is 0.277 bits per heavy atom. The molecule has 0 fully saturated rings. The first-order valence-electron chi connectivity index (χ1n) is 47.8. The van der Waals surface area contributed by atoms with Crippen molar-refractivity contribution in [2.45, 2.75) is 156 Å². The monoisotopic (exact) mass is 2180 g/mol. The molecule has 0 aliphatic carbocycles. The van der Waals surface area contributed by atoms with Gasteiger partial charge in [-0.05, 0) is 168 Å². The Morgan fingerprint density at radius 3 is 0.601 bits per heavy atom. The molecule has 36 nitrogen and oxygen atoms in total. The maximum absolute atomic E-state index is 12.0. The minimum absolute atomic E-state index is 0.119. The second-order valence-electron chi connectivity index (χ2n) is 36.2. The summed E-state index contributed by atoms with van der Waals surface area (Å²) in [5, 5.41) is 47.9. The van der Waals surface area contributed by atoms with E-state index in [1.165, 1.54) is 33.4 Å². The van der Waals surface area contributed by atoms with Crippen molar-refractivity contribution in [1.82, 2.24) is 21.3 Å². The number of benzene rings is 6. The van der Waals surface area contributed by atoms with E-state index in [1.807, 2.05) is 97.1 Å². The Bertz CT molecular complexity index is 4010. The molecule has 2 heterocycles. The standard InChI is InChI=1S/C46H78N4O4.2C24H32O8.4CH3NO2.2F6P/c1-43(2,3)37-29-35(30-38(33-37)44(4,5)6)19-25-47-21-17-27-53-41(51)49-23-15-13-14-16-24-50-42(52)54-28-18-22-48-26-20-36-31-39(45(7,8)9)34-40(32-36)46(10,11)12;2*1-2-6-22-21(5-1)29-17-13-25-9-10-27-15-19-31-23-7-3-4-8-24(23)32-20-16-28-12-11-26-14-18-30-22;4*1-2(3)4;2*1-7(2,3,4,5)6/h29-34,47-48H,13-28H2,1-12H3,(H,49,51)(H,50,52);2*1-8H,9-20H2;4*1H3;;/q;;;;;;;2*-1. The summed E-state index contributed by atoms with van der Waals surface area (Å²) in [6.07, 6.45) is 6.49. The van der Waals surface area contributed by atoms with Gasteiger partial charge in [-0.15, -0.1) is 0 Å². The first-order valence-corrected chi connectivity index (χ1v) is 51.9. The van der Waals surface area contributed by atoms with Gasteiger partial charge in [-0.2, -0.15) is 0 Å². The van der Waals surface area contributed by atoms with Crippen molar-refractivity contribution in [1.29, 1.82) is 0 Å². The van der Waals surface area contributed by atoms with Crippen molar-refractivity contribution in [2.75, 3.05) is 239 Å². The molecular weight excluding hydrogens is 2030 g/mol. The first-order chi connectivity index (χ1) is 68.9. The molecule has 0 unspecified atom stereocenters. The predicted octanol–water partition coefficient (Wildman–Crippen LogP) is 21.9. The van der Waals surface area contributed by atoms with Crippen LogP contribution in [0.25, 0.3) is 0 Å². The molecule has 148 heavy (non-hydrogen) atoms. The summed E-state index contributed by atoms with van der Waals surface area (Å²) in [5.41, 5.74) is 8.74. The van der Waals surface area contributed by atoms with E-state index in [2.05, 4.69) is 141 Å². The van der Waals surface area contributed by atoms with Gasteiger partial charge in [-0.1, -0.05) is 181 Å². The number of carbonyl (C=O) groups is 2. The van der Waals surface area contributed by atoms with Gasteiger partial charge in [0.05, 0.1) is 119 Å². The zero-order chi connectivity index (χ0) is 112. The average molecular weight is 2180 g/mol. The minimum Gasteiger partial charge on any atom is -0.487 e. The van der Waals surface area contributed by atoms with Crippen molar-refractivity contribution in [3.05, 3.63) is 207 Å². The number of halogens is 12. The molecule has 0 aromatic heterocycles. The Morgan fingerprint density at radius 2 is 0.439 bits per heavy atom. The third-order valence-electron chi connectivity index (χ3n) is 18.5. The van der Waals surface area contributed by atoms with Crippen LogP contribution in [0.5, 0.6) is 46.0 Å². The van der Waals surface area contributed by atoms with E-state index in [4.69, 9.17) is 126 Å². The number of hydrogen-bond donors (Lipinski definition) is 4. The molecule has 2 aliphatic rings. The number of nitrogens with one attached hydrogen (secondary N) is 4. The molecule has 0 radical (unpaired) electrons. The number of rotatable bonds is 21. The number of nitro groups is 4. The van der Waals surface area contributed by atoms with Crippen molar-refractivity contribution in [2.24, 2.45) is 0 Å². The fourth-order valence-electron chi connectivity index (χ4n) is 11.7. The molecule has 2 aliphatic heterocycles. The second kappa shape index (κ2) is 71.3. The third-order valence-corrected chi connectivity index (χ3v) is 18.5. The van der Waals surface area contributed by atoms with E-state index in [1.54, 1.807) is 0 Å². The molecule has 50 heteroatoms. The van der Waals surface area contributed by atoms with Crippen molar-refractivity contribution >= 4 is 27.8 Å². The number of alkyl carbamates (subject to hydrolysis) is 2. The van der Waals surface area contributed by atoms with Crippen LogP contribution in [0.3, 0.4) is 0 Å². The van der Waals surface area contributed by atoms with Gasteiger partial charge in [0, 0.05) is 32.8 Å². The molecule has 0 atom stereocenters. The molecule has 8 rings (SSSR count). The summed E-state index contributed by atoms with van der Waals surface area (Å²) in [4.78, 5) is 57.3. The van der Waals surface area contributed by atoms with E-state index in [0.717, 1.165) is 106 Å². The summed E-state index contributed by atoms with van der Waals surface area (Å²) in [7, 11) is -17.8. The summed E-state index contributed by atoms with van der Waals surface area (Å²) in [6.45, 7) is 43.6. The van der Waals surface area contributed by atoms with Gasteiger partial charge < -0.3 is 107 Å². The van der Waals surface area contributed by atoms with Gasteiger partial charge in [-0.25, -0.2) is 9.59 Å². The zero-order valence-electron chi connectivity index (χ0n) is 87.6. The normalized spacial score (nSPS) is 15.3. The number of unbranched alkanes of at least 4 members (excludes halogenated alkanes) is 3. The molecule has 6 aromatic rings. The zero-order valence-corrected chi connectivity index (χ0v) is 89.4. The number of carbonyl (C=O) groups excluding carboxylic acids is 2. The van der Waals surface area contributed by atoms with Gasteiger partial charge in [-0.3, -0.25) is 40.5 Å². The molecule has 4 N–H and O–H groups in total. The van der Waals surface area contributed by atoms with Crippen LogP contribution < -0.4 is 59.2 Å². The molecule has 0 bridgehead atoms. The summed E-state index contributed by atoms with van der Waals surface area (Å²) < 4.78 is 220. The number of fused-ring (bicyclic) bond motifs is 4. The van der Waals surface area contributed by atoms with E-state index in [0.29, 0.717) is 231 Å². The Kier molecular flexibility index (Phi) is 66.2.